The first-order valence-electron chi connectivity index (χ1n) is 9.42. The van der Waals surface area contributed by atoms with Gasteiger partial charge in [0.1, 0.15) is 0 Å². The van der Waals surface area contributed by atoms with E-state index in [9.17, 15) is 13.2 Å². The molecule has 0 spiro atoms. The Morgan fingerprint density at radius 2 is 1.75 bits per heavy atom. The third-order valence-electron chi connectivity index (χ3n) is 4.94. The summed E-state index contributed by atoms with van der Waals surface area (Å²) < 4.78 is 32.4. The average Bonchev–Trinajstić information content (AvgIpc) is 2.71. The fourth-order valence-corrected chi connectivity index (χ4v) is 4.81. The number of nitrogens with zero attached hydrogens (tertiary/aromatic N) is 1. The van der Waals surface area contributed by atoms with E-state index in [4.69, 9.17) is 4.74 Å². The molecule has 150 valence electrons. The Morgan fingerprint density at radius 3 is 2.39 bits per heavy atom. The molecule has 0 aliphatic carbocycles. The number of aryl methyl sites for hydroxylation is 1. The summed E-state index contributed by atoms with van der Waals surface area (Å²) >= 11 is 0. The van der Waals surface area contributed by atoms with Crippen molar-refractivity contribution in [1.29, 1.82) is 0 Å². The molecule has 1 heterocycles. The highest BCUT2D eigenvalue weighted by Crippen LogP contribution is 2.25. The number of carbonyl (C=O) groups excluding carboxylic acids is 1. The lowest BCUT2D eigenvalue weighted by Crippen LogP contribution is -2.35. The zero-order chi connectivity index (χ0) is 20.1. The van der Waals surface area contributed by atoms with Crippen LogP contribution in [0.2, 0.25) is 0 Å². The second-order valence-electron chi connectivity index (χ2n) is 7.03. The van der Waals surface area contributed by atoms with Crippen LogP contribution in [0.1, 0.15) is 40.7 Å². The van der Waals surface area contributed by atoms with Crippen molar-refractivity contribution < 1.29 is 17.9 Å². The van der Waals surface area contributed by atoms with Crippen LogP contribution in [0.4, 0.5) is 5.69 Å². The standard InChI is InChI=1S/C21H26N2O4S/c1-16-6-11-19(28(25,26)23-12-4-3-5-13-23)14-20(16)22-21(24)18-9-7-17(8-10-18)15-27-2/h6-11,14H,3-5,12-13,15H2,1-2H3,(H,22,24). The fraction of sp³-hybridized carbons (Fsp3) is 0.381. The van der Waals surface area contributed by atoms with Gasteiger partial charge in [0.15, 0.2) is 0 Å². The first-order valence-corrected chi connectivity index (χ1v) is 10.9. The van der Waals surface area contributed by atoms with Crippen molar-refractivity contribution >= 4 is 21.6 Å². The van der Waals surface area contributed by atoms with Crippen LogP contribution in [-0.4, -0.2) is 38.8 Å². The molecule has 1 N–H and O–H groups in total. The van der Waals surface area contributed by atoms with Crippen LogP contribution in [0, 0.1) is 6.92 Å². The molecule has 1 fully saturated rings. The predicted octanol–water partition coefficient (Wildman–Crippen LogP) is 3.57. The summed E-state index contributed by atoms with van der Waals surface area (Å²) in [6, 6.07) is 12.0. The van der Waals surface area contributed by atoms with Gasteiger partial charge in [-0.3, -0.25) is 4.79 Å². The Labute approximate surface area is 166 Å². The lowest BCUT2D eigenvalue weighted by molar-refractivity contribution is 0.102. The number of anilines is 1. The van der Waals surface area contributed by atoms with Crippen molar-refractivity contribution in [2.75, 3.05) is 25.5 Å². The number of hydrogen-bond donors (Lipinski definition) is 1. The minimum Gasteiger partial charge on any atom is -0.380 e. The van der Waals surface area contributed by atoms with Gasteiger partial charge in [0.2, 0.25) is 10.0 Å². The van der Waals surface area contributed by atoms with E-state index in [1.54, 1.807) is 37.4 Å². The molecule has 6 nitrogen and oxygen atoms in total. The van der Waals surface area contributed by atoms with E-state index in [0.717, 1.165) is 30.4 Å². The Bertz CT molecular complexity index is 933. The van der Waals surface area contributed by atoms with E-state index in [2.05, 4.69) is 5.32 Å². The zero-order valence-corrected chi connectivity index (χ0v) is 17.1. The van der Waals surface area contributed by atoms with E-state index in [0.29, 0.717) is 30.9 Å². The summed E-state index contributed by atoms with van der Waals surface area (Å²) in [5.41, 5.74) is 2.79. The van der Waals surface area contributed by atoms with Gasteiger partial charge in [-0.25, -0.2) is 8.42 Å². The van der Waals surface area contributed by atoms with Gasteiger partial charge in [-0.2, -0.15) is 4.31 Å². The molecule has 1 amide bonds. The number of methoxy groups -OCH3 is 1. The normalized spacial score (nSPS) is 15.4. The fourth-order valence-electron chi connectivity index (χ4n) is 3.26. The minimum atomic E-state index is -3.55. The Morgan fingerprint density at radius 1 is 1.07 bits per heavy atom. The molecule has 0 atom stereocenters. The first-order chi connectivity index (χ1) is 13.4. The predicted molar refractivity (Wildman–Crippen MR) is 109 cm³/mol. The summed E-state index contributed by atoms with van der Waals surface area (Å²) in [4.78, 5) is 12.8. The molecule has 0 aromatic heterocycles. The largest absolute Gasteiger partial charge is 0.380 e. The molecule has 2 aromatic rings. The molecule has 0 radical (unpaired) electrons. The lowest BCUT2D eigenvalue weighted by Gasteiger charge is -2.26. The van der Waals surface area contributed by atoms with Gasteiger partial charge in [0, 0.05) is 31.5 Å². The number of sulfonamides is 1. The van der Waals surface area contributed by atoms with Crippen LogP contribution in [0.3, 0.4) is 0 Å². The summed E-state index contributed by atoms with van der Waals surface area (Å²) in [5, 5.41) is 2.84. The molecule has 0 unspecified atom stereocenters. The number of carbonyl (C=O) groups is 1. The molecule has 2 aromatic carbocycles. The van der Waals surface area contributed by atoms with Crippen molar-refractivity contribution in [3.8, 4) is 0 Å². The van der Waals surface area contributed by atoms with E-state index in [1.807, 2.05) is 19.1 Å². The van der Waals surface area contributed by atoms with E-state index >= 15 is 0 Å². The Hall–Kier alpha value is -2.22. The van der Waals surface area contributed by atoms with Crippen molar-refractivity contribution in [1.82, 2.24) is 4.31 Å². The van der Waals surface area contributed by atoms with Crippen molar-refractivity contribution in [2.24, 2.45) is 0 Å². The molecule has 0 bridgehead atoms. The monoisotopic (exact) mass is 402 g/mol. The molecule has 1 aliphatic heterocycles. The van der Waals surface area contributed by atoms with Gasteiger partial charge in [-0.15, -0.1) is 0 Å². The SMILES string of the molecule is COCc1ccc(C(=O)Nc2cc(S(=O)(=O)N3CCCCC3)ccc2C)cc1. The van der Waals surface area contributed by atoms with Crippen LogP contribution in [0.25, 0.3) is 0 Å². The molecule has 28 heavy (non-hydrogen) atoms. The quantitative estimate of drug-likeness (QED) is 0.801. The average molecular weight is 403 g/mol. The maximum absolute atomic E-state index is 12.9. The zero-order valence-electron chi connectivity index (χ0n) is 16.3. The number of rotatable bonds is 6. The van der Waals surface area contributed by atoms with Gasteiger partial charge >= 0.3 is 0 Å². The van der Waals surface area contributed by atoms with Crippen molar-refractivity contribution in [3.05, 3.63) is 59.2 Å². The van der Waals surface area contributed by atoms with E-state index in [-0.39, 0.29) is 10.8 Å². The number of amides is 1. The maximum atomic E-state index is 12.9. The van der Waals surface area contributed by atoms with E-state index in [1.165, 1.54) is 4.31 Å². The number of hydrogen-bond acceptors (Lipinski definition) is 4. The highest BCUT2D eigenvalue weighted by molar-refractivity contribution is 7.89. The van der Waals surface area contributed by atoms with Gasteiger partial charge in [-0.05, 0) is 55.2 Å². The third-order valence-corrected chi connectivity index (χ3v) is 6.83. The second-order valence-corrected chi connectivity index (χ2v) is 8.96. The van der Waals surface area contributed by atoms with Gasteiger partial charge in [0.05, 0.1) is 11.5 Å². The van der Waals surface area contributed by atoms with E-state index < -0.39 is 10.0 Å². The number of piperidine rings is 1. The minimum absolute atomic E-state index is 0.214. The van der Waals surface area contributed by atoms with Gasteiger partial charge < -0.3 is 10.1 Å². The van der Waals surface area contributed by atoms with Crippen LogP contribution in [-0.2, 0) is 21.4 Å². The lowest BCUT2D eigenvalue weighted by atomic mass is 10.1. The molecule has 0 saturated carbocycles. The topological polar surface area (TPSA) is 75.7 Å². The van der Waals surface area contributed by atoms with Crippen LogP contribution in [0.15, 0.2) is 47.4 Å². The summed E-state index contributed by atoms with van der Waals surface area (Å²) in [5.74, 6) is -0.278. The molecule has 7 heteroatoms. The highest BCUT2D eigenvalue weighted by atomic mass is 32.2. The Balaban J connectivity index is 1.80. The van der Waals surface area contributed by atoms with Crippen LogP contribution in [0.5, 0.6) is 0 Å². The maximum Gasteiger partial charge on any atom is 0.255 e. The second kappa shape index (κ2) is 8.86. The van der Waals surface area contributed by atoms with Gasteiger partial charge in [0.25, 0.3) is 5.91 Å². The van der Waals surface area contributed by atoms with Crippen LogP contribution < -0.4 is 5.32 Å². The smallest absolute Gasteiger partial charge is 0.255 e. The number of ether oxygens (including phenoxy) is 1. The summed E-state index contributed by atoms with van der Waals surface area (Å²) in [6.45, 7) is 3.42. The Kier molecular flexibility index (Phi) is 6.49. The highest BCUT2D eigenvalue weighted by Gasteiger charge is 2.26. The third kappa shape index (κ3) is 4.60. The van der Waals surface area contributed by atoms with Crippen molar-refractivity contribution in [3.63, 3.8) is 0 Å². The molecular formula is C21H26N2O4S. The molecule has 3 rings (SSSR count). The molecule has 1 saturated heterocycles. The van der Waals surface area contributed by atoms with Gasteiger partial charge in [-0.1, -0.05) is 24.6 Å². The summed E-state index contributed by atoms with van der Waals surface area (Å²) in [7, 11) is -1.93. The number of nitrogens with one attached hydrogen (secondary N) is 1. The first kappa shape index (κ1) is 20.5. The van der Waals surface area contributed by atoms with Crippen molar-refractivity contribution in [2.45, 2.75) is 37.7 Å². The number of benzene rings is 2. The summed E-state index contributed by atoms with van der Waals surface area (Å²) in [6.07, 6.45) is 2.83. The molecular weight excluding hydrogens is 376 g/mol. The van der Waals surface area contributed by atoms with Crippen LogP contribution >= 0.6 is 0 Å². The molecule has 1 aliphatic rings.